The summed E-state index contributed by atoms with van der Waals surface area (Å²) >= 11 is 0. The van der Waals surface area contributed by atoms with E-state index in [1.54, 1.807) is 6.33 Å². The first-order valence-electron chi connectivity index (χ1n) is 10.8. The van der Waals surface area contributed by atoms with Crippen molar-refractivity contribution in [1.82, 2.24) is 20.2 Å². The molecule has 2 fully saturated rings. The highest BCUT2D eigenvalue weighted by molar-refractivity contribution is 5.89. The molecule has 150 valence electrons. The maximum absolute atomic E-state index is 12.5. The van der Waals surface area contributed by atoms with Crippen molar-refractivity contribution in [1.29, 1.82) is 0 Å². The van der Waals surface area contributed by atoms with Crippen LogP contribution >= 0.6 is 0 Å². The third-order valence-electron chi connectivity index (χ3n) is 6.09. The number of anilines is 1. The second-order valence-electron chi connectivity index (χ2n) is 8.02. The zero-order valence-electron chi connectivity index (χ0n) is 16.6. The molecule has 3 heterocycles. The Morgan fingerprint density at radius 2 is 1.82 bits per heavy atom. The van der Waals surface area contributed by atoms with Gasteiger partial charge < -0.3 is 15.1 Å². The Bertz CT molecular complexity index is 776. The second-order valence-corrected chi connectivity index (χ2v) is 8.02. The molecule has 2 aliphatic heterocycles. The molecule has 0 bridgehead atoms. The molecule has 2 aliphatic rings. The molecule has 2 saturated heterocycles. The van der Waals surface area contributed by atoms with Gasteiger partial charge in [-0.2, -0.15) is 0 Å². The Morgan fingerprint density at radius 1 is 1.04 bits per heavy atom. The van der Waals surface area contributed by atoms with E-state index in [0.29, 0.717) is 0 Å². The van der Waals surface area contributed by atoms with Gasteiger partial charge in [0.1, 0.15) is 12.1 Å². The molecule has 4 rings (SSSR count). The van der Waals surface area contributed by atoms with Gasteiger partial charge in [-0.05, 0) is 63.9 Å². The van der Waals surface area contributed by atoms with E-state index in [1.165, 1.54) is 32.4 Å². The van der Waals surface area contributed by atoms with Gasteiger partial charge in [-0.1, -0.05) is 18.6 Å². The fourth-order valence-electron chi connectivity index (χ4n) is 4.44. The number of carbonyl (C=O) groups is 1. The van der Waals surface area contributed by atoms with E-state index in [4.69, 9.17) is 0 Å². The van der Waals surface area contributed by atoms with Crippen LogP contribution in [0.3, 0.4) is 0 Å². The molecular weight excluding hydrogens is 350 g/mol. The highest BCUT2D eigenvalue weighted by Crippen LogP contribution is 2.27. The molecule has 6 nitrogen and oxygen atoms in total. The van der Waals surface area contributed by atoms with Crippen molar-refractivity contribution in [2.75, 3.05) is 44.2 Å². The van der Waals surface area contributed by atoms with Gasteiger partial charge in [0.25, 0.3) is 0 Å². The third-order valence-corrected chi connectivity index (χ3v) is 6.09. The average molecular weight is 382 g/mol. The standard InChI is InChI=1S/C22H31N5O/c28-22(23-11-6-14-26-12-4-1-5-13-26)18-9-15-27(16-10-18)21-19-7-2-3-8-20(19)24-17-25-21/h2-3,7-8,17-18H,1,4-6,9-16H2,(H,23,28). The molecule has 1 amide bonds. The van der Waals surface area contributed by atoms with E-state index in [-0.39, 0.29) is 11.8 Å². The number of benzene rings is 1. The van der Waals surface area contributed by atoms with Crippen LogP contribution in [-0.2, 0) is 4.79 Å². The van der Waals surface area contributed by atoms with Gasteiger partial charge in [-0.25, -0.2) is 9.97 Å². The summed E-state index contributed by atoms with van der Waals surface area (Å²) in [5, 5.41) is 4.25. The van der Waals surface area contributed by atoms with Crippen LogP contribution in [0, 0.1) is 5.92 Å². The first kappa shape index (κ1) is 19.1. The maximum atomic E-state index is 12.5. The summed E-state index contributed by atoms with van der Waals surface area (Å²) in [7, 11) is 0. The number of fused-ring (bicyclic) bond motifs is 1. The molecule has 6 heteroatoms. The zero-order valence-corrected chi connectivity index (χ0v) is 16.6. The summed E-state index contributed by atoms with van der Waals surface area (Å²) in [5.41, 5.74) is 0.973. The minimum Gasteiger partial charge on any atom is -0.356 e. The first-order chi connectivity index (χ1) is 13.8. The predicted molar refractivity (Wildman–Crippen MR) is 112 cm³/mol. The van der Waals surface area contributed by atoms with Gasteiger partial charge in [0.2, 0.25) is 5.91 Å². The Kier molecular flexibility index (Phi) is 6.37. The monoisotopic (exact) mass is 381 g/mol. The number of aromatic nitrogens is 2. The molecule has 1 aromatic heterocycles. The summed E-state index contributed by atoms with van der Waals surface area (Å²) in [6.45, 7) is 6.10. The second kappa shape index (κ2) is 9.32. The third kappa shape index (κ3) is 4.61. The first-order valence-corrected chi connectivity index (χ1v) is 10.8. The molecule has 1 N–H and O–H groups in total. The quantitative estimate of drug-likeness (QED) is 0.780. The average Bonchev–Trinajstić information content (AvgIpc) is 2.77. The van der Waals surface area contributed by atoms with Crippen LogP contribution in [-0.4, -0.2) is 60.0 Å². The number of carbonyl (C=O) groups excluding carboxylic acids is 1. The molecule has 0 radical (unpaired) electrons. The largest absolute Gasteiger partial charge is 0.356 e. The van der Waals surface area contributed by atoms with Crippen molar-refractivity contribution in [3.63, 3.8) is 0 Å². The van der Waals surface area contributed by atoms with Crippen molar-refractivity contribution in [2.24, 2.45) is 5.92 Å². The Morgan fingerprint density at radius 3 is 2.64 bits per heavy atom. The SMILES string of the molecule is O=C(NCCCN1CCCCC1)C1CCN(c2ncnc3ccccc23)CC1. The van der Waals surface area contributed by atoms with E-state index in [9.17, 15) is 4.79 Å². The van der Waals surface area contributed by atoms with Crippen molar-refractivity contribution < 1.29 is 4.79 Å². The number of amides is 1. The fourth-order valence-corrected chi connectivity index (χ4v) is 4.44. The van der Waals surface area contributed by atoms with Crippen LogP contribution in [0.4, 0.5) is 5.82 Å². The minimum atomic E-state index is 0.124. The number of nitrogens with one attached hydrogen (secondary N) is 1. The number of nitrogens with zero attached hydrogens (tertiary/aromatic N) is 4. The van der Waals surface area contributed by atoms with Gasteiger partial charge in [-0.3, -0.25) is 4.79 Å². The lowest BCUT2D eigenvalue weighted by Gasteiger charge is -2.32. The highest BCUT2D eigenvalue weighted by atomic mass is 16.1. The van der Waals surface area contributed by atoms with Crippen LogP contribution in [0.1, 0.15) is 38.5 Å². The molecular formula is C22H31N5O. The number of hydrogen-bond donors (Lipinski definition) is 1. The van der Waals surface area contributed by atoms with E-state index >= 15 is 0 Å². The topological polar surface area (TPSA) is 61.4 Å². The van der Waals surface area contributed by atoms with E-state index in [0.717, 1.165) is 62.2 Å². The van der Waals surface area contributed by atoms with Crippen LogP contribution in [0.2, 0.25) is 0 Å². The lowest BCUT2D eigenvalue weighted by molar-refractivity contribution is -0.125. The van der Waals surface area contributed by atoms with Crippen molar-refractivity contribution in [3.05, 3.63) is 30.6 Å². The van der Waals surface area contributed by atoms with Gasteiger partial charge >= 0.3 is 0 Å². The summed E-state index contributed by atoms with van der Waals surface area (Å²) in [4.78, 5) is 26.2. The number of para-hydroxylation sites is 1. The van der Waals surface area contributed by atoms with Crippen molar-refractivity contribution in [2.45, 2.75) is 38.5 Å². The number of likely N-dealkylation sites (tertiary alicyclic amines) is 1. The number of piperidine rings is 2. The summed E-state index contributed by atoms with van der Waals surface area (Å²) < 4.78 is 0. The van der Waals surface area contributed by atoms with Crippen LogP contribution in [0.5, 0.6) is 0 Å². The summed E-state index contributed by atoms with van der Waals surface area (Å²) in [6.07, 6.45) is 8.48. The Balaban J connectivity index is 1.23. The minimum absolute atomic E-state index is 0.124. The summed E-state index contributed by atoms with van der Waals surface area (Å²) in [5.74, 6) is 1.34. The molecule has 0 atom stereocenters. The normalized spacial score (nSPS) is 19.1. The maximum Gasteiger partial charge on any atom is 0.223 e. The lowest BCUT2D eigenvalue weighted by Crippen LogP contribution is -2.41. The van der Waals surface area contributed by atoms with Crippen LogP contribution < -0.4 is 10.2 Å². The molecule has 0 unspecified atom stereocenters. The Hall–Kier alpha value is -2.21. The molecule has 28 heavy (non-hydrogen) atoms. The smallest absolute Gasteiger partial charge is 0.223 e. The van der Waals surface area contributed by atoms with Crippen molar-refractivity contribution in [3.8, 4) is 0 Å². The highest BCUT2D eigenvalue weighted by Gasteiger charge is 2.26. The zero-order chi connectivity index (χ0) is 19.2. The Labute approximate surface area is 167 Å². The molecule has 0 spiro atoms. The van der Waals surface area contributed by atoms with E-state index in [1.807, 2.05) is 18.2 Å². The summed E-state index contributed by atoms with van der Waals surface area (Å²) in [6, 6.07) is 8.12. The number of hydrogen-bond acceptors (Lipinski definition) is 5. The fraction of sp³-hybridized carbons (Fsp3) is 0.591. The molecule has 2 aromatic rings. The molecule has 0 aliphatic carbocycles. The van der Waals surface area contributed by atoms with Gasteiger partial charge in [0.05, 0.1) is 5.52 Å². The van der Waals surface area contributed by atoms with Crippen LogP contribution in [0.25, 0.3) is 10.9 Å². The lowest BCUT2D eigenvalue weighted by atomic mass is 9.95. The van der Waals surface area contributed by atoms with Crippen LogP contribution in [0.15, 0.2) is 30.6 Å². The predicted octanol–water partition coefficient (Wildman–Crippen LogP) is 2.84. The van der Waals surface area contributed by atoms with Gasteiger partial charge in [-0.15, -0.1) is 0 Å². The van der Waals surface area contributed by atoms with E-state index < -0.39 is 0 Å². The van der Waals surface area contributed by atoms with Gasteiger partial charge in [0, 0.05) is 30.9 Å². The van der Waals surface area contributed by atoms with E-state index in [2.05, 4.69) is 31.2 Å². The molecule has 1 aromatic carbocycles. The van der Waals surface area contributed by atoms with Gasteiger partial charge in [0.15, 0.2) is 0 Å². The molecule has 0 saturated carbocycles. The number of rotatable bonds is 6. The van der Waals surface area contributed by atoms with Crippen molar-refractivity contribution >= 4 is 22.6 Å².